The number of benzene rings is 2. The smallest absolute Gasteiger partial charge is 0.0708 e. The molecule has 0 saturated heterocycles. The average molecular weight is 316 g/mol. The van der Waals surface area contributed by atoms with Crippen LogP contribution in [0.4, 0.5) is 0 Å². The quantitative estimate of drug-likeness (QED) is 0.554. The van der Waals surface area contributed by atoms with Crippen molar-refractivity contribution >= 4 is 23.2 Å². The van der Waals surface area contributed by atoms with Gasteiger partial charge in [0.2, 0.25) is 0 Å². The molecule has 0 heterocycles. The van der Waals surface area contributed by atoms with Crippen LogP contribution in [-0.2, 0) is 5.41 Å². The van der Waals surface area contributed by atoms with Gasteiger partial charge in [-0.3, -0.25) is 9.98 Å². The van der Waals surface area contributed by atoms with Gasteiger partial charge in [0.25, 0.3) is 0 Å². The molecule has 0 saturated carbocycles. The molecule has 1 aliphatic rings. The Bertz CT molecular complexity index is 871. The van der Waals surface area contributed by atoms with Crippen molar-refractivity contribution in [2.45, 2.75) is 31.2 Å². The summed E-state index contributed by atoms with van der Waals surface area (Å²) in [7, 11) is 1.82. The summed E-state index contributed by atoms with van der Waals surface area (Å²) in [6.07, 6.45) is 1.77. The van der Waals surface area contributed by atoms with Crippen LogP contribution in [0.3, 0.4) is 0 Å². The number of hydrogen-bond donors (Lipinski definition) is 0. The first-order valence-electron chi connectivity index (χ1n) is 8.23. The normalized spacial score (nSPS) is 22.2. The van der Waals surface area contributed by atoms with Gasteiger partial charge in [-0.25, -0.2) is 0 Å². The maximum atomic E-state index is 4.54. The molecule has 1 aliphatic carbocycles. The lowest BCUT2D eigenvalue weighted by atomic mass is 9.80. The molecule has 0 fully saturated rings. The molecule has 2 unspecified atom stereocenters. The molecule has 0 amide bonds. The Balaban J connectivity index is 2.32. The van der Waals surface area contributed by atoms with E-state index >= 15 is 0 Å². The van der Waals surface area contributed by atoms with Gasteiger partial charge in [0.05, 0.1) is 11.8 Å². The van der Waals surface area contributed by atoms with Crippen LogP contribution in [0.2, 0.25) is 0 Å². The molecular formula is C22H24N2. The summed E-state index contributed by atoms with van der Waals surface area (Å²) >= 11 is 0. The van der Waals surface area contributed by atoms with Gasteiger partial charge < -0.3 is 0 Å². The Labute approximate surface area is 144 Å². The summed E-state index contributed by atoms with van der Waals surface area (Å²) in [6, 6.07) is 13.1. The van der Waals surface area contributed by atoms with Crippen LogP contribution < -0.4 is 0 Å². The van der Waals surface area contributed by atoms with E-state index < -0.39 is 0 Å². The predicted octanol–water partition coefficient (Wildman–Crippen LogP) is 5.10. The van der Waals surface area contributed by atoms with Gasteiger partial charge in [-0.2, -0.15) is 0 Å². The van der Waals surface area contributed by atoms with E-state index in [1.807, 2.05) is 7.05 Å². The summed E-state index contributed by atoms with van der Waals surface area (Å²) in [4.78, 5) is 9.05. The molecule has 2 heteroatoms. The fourth-order valence-corrected chi connectivity index (χ4v) is 4.04. The van der Waals surface area contributed by atoms with Crippen molar-refractivity contribution in [1.82, 2.24) is 0 Å². The summed E-state index contributed by atoms with van der Waals surface area (Å²) in [5, 5.41) is 2.49. The summed E-state index contributed by atoms with van der Waals surface area (Å²) < 4.78 is 0. The minimum absolute atomic E-state index is 0.0275. The second-order valence-electron chi connectivity index (χ2n) is 6.95. The maximum Gasteiger partial charge on any atom is 0.0708 e. The van der Waals surface area contributed by atoms with Gasteiger partial charge in [-0.05, 0) is 34.2 Å². The van der Waals surface area contributed by atoms with E-state index in [4.69, 9.17) is 0 Å². The molecule has 0 spiro atoms. The van der Waals surface area contributed by atoms with Crippen LogP contribution in [0, 0.1) is 0 Å². The highest BCUT2D eigenvalue weighted by molar-refractivity contribution is 6.08. The minimum atomic E-state index is -0.108. The molecule has 2 aromatic rings. The molecule has 2 atom stereocenters. The lowest BCUT2D eigenvalue weighted by Crippen LogP contribution is -2.33. The largest absolute Gasteiger partial charge is 0.296 e. The molecule has 2 aromatic carbocycles. The zero-order chi connectivity index (χ0) is 17.5. The van der Waals surface area contributed by atoms with E-state index in [1.165, 1.54) is 21.9 Å². The Kier molecular flexibility index (Phi) is 4.00. The van der Waals surface area contributed by atoms with Gasteiger partial charge in [-0.1, -0.05) is 69.5 Å². The standard InChI is InChI=1S/C22H24N2/c1-7-14(2)20(23-5)19-17-12-15-10-8-9-11-16(15)13-18(17)22(3,4)21(19)24-6/h7-13,19,21H,1-2,6H2,3-5H3/b23-20-. The molecular weight excluding hydrogens is 292 g/mol. The van der Waals surface area contributed by atoms with Crippen molar-refractivity contribution < 1.29 is 0 Å². The third-order valence-electron chi connectivity index (χ3n) is 5.31. The molecule has 2 nitrogen and oxygen atoms in total. The topological polar surface area (TPSA) is 24.7 Å². The van der Waals surface area contributed by atoms with E-state index in [-0.39, 0.29) is 17.4 Å². The number of nitrogens with zero attached hydrogens (tertiary/aromatic N) is 2. The van der Waals surface area contributed by atoms with Crippen LogP contribution in [0.25, 0.3) is 10.8 Å². The molecule has 0 bridgehead atoms. The van der Waals surface area contributed by atoms with Crippen molar-refractivity contribution in [3.8, 4) is 0 Å². The monoisotopic (exact) mass is 316 g/mol. The summed E-state index contributed by atoms with van der Waals surface area (Å²) in [5.74, 6) is 0.0626. The lowest BCUT2D eigenvalue weighted by molar-refractivity contribution is 0.436. The van der Waals surface area contributed by atoms with Crippen molar-refractivity contribution in [1.29, 1.82) is 0 Å². The molecule has 24 heavy (non-hydrogen) atoms. The first kappa shape index (κ1) is 16.4. The minimum Gasteiger partial charge on any atom is -0.296 e. The van der Waals surface area contributed by atoms with Crippen molar-refractivity contribution in [3.05, 3.63) is 72.3 Å². The van der Waals surface area contributed by atoms with Crippen LogP contribution in [0.15, 0.2) is 71.2 Å². The van der Waals surface area contributed by atoms with Gasteiger partial charge in [0.1, 0.15) is 0 Å². The van der Waals surface area contributed by atoms with E-state index in [9.17, 15) is 0 Å². The average Bonchev–Trinajstić information content (AvgIpc) is 2.80. The second kappa shape index (κ2) is 5.86. The Morgan fingerprint density at radius 2 is 1.79 bits per heavy atom. The third-order valence-corrected chi connectivity index (χ3v) is 5.31. The van der Waals surface area contributed by atoms with Crippen molar-refractivity contribution in [3.63, 3.8) is 0 Å². The number of fused-ring (bicyclic) bond motifs is 2. The number of hydrogen-bond acceptors (Lipinski definition) is 2. The van der Waals surface area contributed by atoms with Crippen molar-refractivity contribution in [2.75, 3.05) is 7.05 Å². The Morgan fingerprint density at radius 1 is 1.17 bits per heavy atom. The molecule has 0 aliphatic heterocycles. The first-order chi connectivity index (χ1) is 11.5. The third kappa shape index (κ3) is 2.25. The predicted molar refractivity (Wildman–Crippen MR) is 106 cm³/mol. The van der Waals surface area contributed by atoms with Gasteiger partial charge in [0.15, 0.2) is 0 Å². The molecule has 0 aromatic heterocycles. The van der Waals surface area contributed by atoms with Gasteiger partial charge in [0, 0.05) is 18.4 Å². The number of aliphatic imine (C=N–C) groups is 2. The molecule has 122 valence electrons. The first-order valence-corrected chi connectivity index (χ1v) is 8.23. The van der Waals surface area contributed by atoms with Crippen LogP contribution in [-0.4, -0.2) is 25.5 Å². The summed E-state index contributed by atoms with van der Waals surface area (Å²) in [5.41, 5.74) is 4.29. The van der Waals surface area contributed by atoms with Crippen molar-refractivity contribution in [2.24, 2.45) is 9.98 Å². The second-order valence-corrected chi connectivity index (χ2v) is 6.95. The molecule has 0 N–H and O–H groups in total. The zero-order valence-electron chi connectivity index (χ0n) is 14.7. The Hall–Kier alpha value is -2.48. The van der Waals surface area contributed by atoms with E-state index in [2.05, 4.69) is 80.1 Å². The van der Waals surface area contributed by atoms with E-state index in [1.54, 1.807) is 6.08 Å². The number of allylic oxidation sites excluding steroid dienone is 2. The highest BCUT2D eigenvalue weighted by Crippen LogP contribution is 2.50. The highest BCUT2D eigenvalue weighted by Gasteiger charge is 2.48. The zero-order valence-corrected chi connectivity index (χ0v) is 14.7. The fourth-order valence-electron chi connectivity index (χ4n) is 4.04. The maximum absolute atomic E-state index is 4.54. The van der Waals surface area contributed by atoms with Crippen LogP contribution >= 0.6 is 0 Å². The number of rotatable bonds is 4. The van der Waals surface area contributed by atoms with Crippen LogP contribution in [0.1, 0.15) is 30.9 Å². The highest BCUT2D eigenvalue weighted by atomic mass is 14.8. The Morgan fingerprint density at radius 3 is 2.33 bits per heavy atom. The van der Waals surface area contributed by atoms with Crippen LogP contribution in [0.5, 0.6) is 0 Å². The lowest BCUT2D eigenvalue weighted by Gasteiger charge is -2.28. The van der Waals surface area contributed by atoms with E-state index in [0.717, 1.165) is 11.3 Å². The summed E-state index contributed by atoms with van der Waals surface area (Å²) in [6.45, 7) is 16.4. The molecule has 0 radical (unpaired) electrons. The van der Waals surface area contributed by atoms with Gasteiger partial charge in [-0.15, -0.1) is 0 Å². The van der Waals surface area contributed by atoms with E-state index in [0.29, 0.717) is 0 Å². The SMILES string of the molecule is C=CC(=C)/C(=N/C)C1c2cc3ccccc3cc2C(C)(C)C1N=C. The fraction of sp³-hybridized carbons (Fsp3) is 0.273. The van der Waals surface area contributed by atoms with Gasteiger partial charge >= 0.3 is 0 Å². The molecule has 3 rings (SSSR count).